The Morgan fingerprint density at radius 1 is 1.63 bits per heavy atom. The second-order valence-corrected chi connectivity index (χ2v) is 6.89. The molecule has 0 aliphatic carbocycles. The van der Waals surface area contributed by atoms with Crippen molar-refractivity contribution >= 4 is 33.2 Å². The summed E-state index contributed by atoms with van der Waals surface area (Å²) in [6.45, 7) is 5.06. The van der Waals surface area contributed by atoms with Crippen LogP contribution in [0.15, 0.2) is 4.47 Å². The fourth-order valence-corrected chi connectivity index (χ4v) is 4.05. The number of amides is 1. The Morgan fingerprint density at radius 3 is 2.84 bits per heavy atom. The molecule has 0 saturated carbocycles. The van der Waals surface area contributed by atoms with Crippen LogP contribution in [0.1, 0.15) is 27.9 Å². The predicted molar refractivity (Wildman–Crippen MR) is 79.0 cm³/mol. The number of hydrogen-bond acceptors (Lipinski definition) is 4. The molecule has 4 nitrogen and oxygen atoms in total. The molecule has 1 aromatic heterocycles. The maximum Gasteiger partial charge on any atom is 0.267 e. The number of thiophene rings is 1. The van der Waals surface area contributed by atoms with E-state index in [-0.39, 0.29) is 17.9 Å². The van der Waals surface area contributed by atoms with Crippen LogP contribution in [0, 0.1) is 12.8 Å². The lowest BCUT2D eigenvalue weighted by atomic mass is 10.0. The van der Waals surface area contributed by atoms with Crippen molar-refractivity contribution in [1.82, 2.24) is 4.90 Å². The summed E-state index contributed by atoms with van der Waals surface area (Å²) in [6.07, 6.45) is 0.494. The number of carbonyl (C=O) groups is 1. The fraction of sp³-hybridized carbons (Fsp3) is 0.615. The summed E-state index contributed by atoms with van der Waals surface area (Å²) in [4.78, 5) is 16.0. The van der Waals surface area contributed by atoms with Crippen molar-refractivity contribution in [3.63, 3.8) is 0 Å². The van der Waals surface area contributed by atoms with Gasteiger partial charge in [-0.05, 0) is 36.2 Å². The van der Waals surface area contributed by atoms with Gasteiger partial charge in [0.1, 0.15) is 4.88 Å². The lowest BCUT2D eigenvalue weighted by Gasteiger charge is -2.17. The van der Waals surface area contributed by atoms with Gasteiger partial charge in [-0.25, -0.2) is 0 Å². The van der Waals surface area contributed by atoms with Crippen LogP contribution in [0.3, 0.4) is 0 Å². The molecule has 1 aliphatic rings. The first-order valence-corrected chi connectivity index (χ1v) is 7.86. The van der Waals surface area contributed by atoms with Gasteiger partial charge in [0.15, 0.2) is 5.75 Å². The summed E-state index contributed by atoms with van der Waals surface area (Å²) in [5, 5.41) is 9.60. The van der Waals surface area contributed by atoms with Gasteiger partial charge in [0.2, 0.25) is 0 Å². The largest absolute Gasteiger partial charge is 0.494 e. The first kappa shape index (κ1) is 14.8. The molecule has 19 heavy (non-hydrogen) atoms. The third-order valence-electron chi connectivity index (χ3n) is 3.56. The summed E-state index contributed by atoms with van der Waals surface area (Å²) in [6, 6.07) is 0. The zero-order valence-electron chi connectivity index (χ0n) is 11.3. The number of aryl methyl sites for hydroxylation is 1. The van der Waals surface area contributed by atoms with Crippen LogP contribution >= 0.6 is 27.3 Å². The summed E-state index contributed by atoms with van der Waals surface area (Å²) in [7, 11) is 1.58. The van der Waals surface area contributed by atoms with E-state index in [1.54, 1.807) is 18.9 Å². The van der Waals surface area contributed by atoms with Gasteiger partial charge in [0.05, 0.1) is 17.7 Å². The Kier molecular flexibility index (Phi) is 4.53. The Morgan fingerprint density at radius 2 is 2.32 bits per heavy atom. The monoisotopic (exact) mass is 347 g/mol. The van der Waals surface area contributed by atoms with E-state index in [0.29, 0.717) is 23.7 Å². The number of aliphatic hydroxyl groups is 1. The van der Waals surface area contributed by atoms with Crippen molar-refractivity contribution < 1.29 is 14.6 Å². The average Bonchev–Trinajstić information content (AvgIpc) is 2.95. The normalized spacial score (nSPS) is 20.7. The maximum atomic E-state index is 12.5. The number of nitrogens with zero attached hydrogens (tertiary/aromatic N) is 1. The van der Waals surface area contributed by atoms with E-state index in [1.807, 2.05) is 6.92 Å². The van der Waals surface area contributed by atoms with Gasteiger partial charge in [-0.15, -0.1) is 11.3 Å². The smallest absolute Gasteiger partial charge is 0.267 e. The zero-order chi connectivity index (χ0) is 14.2. The fourth-order valence-electron chi connectivity index (χ4n) is 2.34. The van der Waals surface area contributed by atoms with E-state index in [0.717, 1.165) is 15.8 Å². The second-order valence-electron chi connectivity index (χ2n) is 4.88. The second kappa shape index (κ2) is 5.81. The zero-order valence-corrected chi connectivity index (χ0v) is 13.7. The molecule has 0 bridgehead atoms. The van der Waals surface area contributed by atoms with Gasteiger partial charge in [-0.2, -0.15) is 0 Å². The molecule has 1 N–H and O–H groups in total. The number of halogens is 1. The van der Waals surface area contributed by atoms with Gasteiger partial charge in [0.25, 0.3) is 5.91 Å². The number of carbonyl (C=O) groups excluding carboxylic acids is 1. The highest BCUT2D eigenvalue weighted by Gasteiger charge is 2.32. The SMILES string of the molecule is COc1c(C(=O)N2CCC(C(C)O)C2)sc(C)c1Br. The van der Waals surface area contributed by atoms with Crippen LogP contribution < -0.4 is 4.74 Å². The van der Waals surface area contributed by atoms with Crippen LogP contribution in [0.4, 0.5) is 0 Å². The van der Waals surface area contributed by atoms with E-state index < -0.39 is 0 Å². The minimum Gasteiger partial charge on any atom is -0.494 e. The molecule has 1 aliphatic heterocycles. The third kappa shape index (κ3) is 2.80. The molecular formula is C13H18BrNO3S. The molecule has 0 aromatic carbocycles. The van der Waals surface area contributed by atoms with E-state index >= 15 is 0 Å². The maximum absolute atomic E-state index is 12.5. The third-order valence-corrected chi connectivity index (χ3v) is 5.85. The molecule has 6 heteroatoms. The summed E-state index contributed by atoms with van der Waals surface area (Å²) < 4.78 is 6.17. The molecule has 1 aromatic rings. The molecule has 1 fully saturated rings. The molecule has 0 spiro atoms. The Hall–Kier alpha value is -0.590. The van der Waals surface area contributed by atoms with Crippen molar-refractivity contribution in [3.8, 4) is 5.75 Å². The van der Waals surface area contributed by atoms with Crippen LogP contribution in [-0.4, -0.2) is 42.2 Å². The van der Waals surface area contributed by atoms with Crippen LogP contribution in [-0.2, 0) is 0 Å². The summed E-state index contributed by atoms with van der Waals surface area (Å²) >= 11 is 4.89. The standard InChI is InChI=1S/C13H18BrNO3S/c1-7(16)9-4-5-15(6-9)13(17)12-11(18-3)10(14)8(2)19-12/h7,9,16H,4-6H2,1-3H3. The number of aliphatic hydroxyl groups excluding tert-OH is 1. The van der Waals surface area contributed by atoms with Gasteiger partial charge in [-0.1, -0.05) is 0 Å². The average molecular weight is 348 g/mol. The lowest BCUT2D eigenvalue weighted by molar-refractivity contribution is 0.0764. The Bertz CT molecular complexity index is 486. The van der Waals surface area contributed by atoms with Crippen LogP contribution in [0.25, 0.3) is 0 Å². The molecule has 106 valence electrons. The minimum atomic E-state index is -0.364. The van der Waals surface area contributed by atoms with E-state index in [4.69, 9.17) is 4.74 Å². The van der Waals surface area contributed by atoms with Gasteiger partial charge >= 0.3 is 0 Å². The van der Waals surface area contributed by atoms with Crippen molar-refractivity contribution in [1.29, 1.82) is 0 Å². The highest BCUT2D eigenvalue weighted by Crippen LogP contribution is 2.40. The summed E-state index contributed by atoms with van der Waals surface area (Å²) in [5.41, 5.74) is 0. The molecule has 2 heterocycles. The van der Waals surface area contributed by atoms with Crippen molar-refractivity contribution in [2.45, 2.75) is 26.4 Å². The summed E-state index contributed by atoms with van der Waals surface area (Å²) in [5.74, 6) is 0.797. The quantitative estimate of drug-likeness (QED) is 0.914. The highest BCUT2D eigenvalue weighted by atomic mass is 79.9. The molecule has 2 atom stereocenters. The number of likely N-dealkylation sites (tertiary alicyclic amines) is 1. The molecule has 1 amide bonds. The lowest BCUT2D eigenvalue weighted by Crippen LogP contribution is -2.30. The van der Waals surface area contributed by atoms with Crippen molar-refractivity contribution in [3.05, 3.63) is 14.2 Å². The van der Waals surface area contributed by atoms with Crippen LogP contribution in [0.5, 0.6) is 5.75 Å². The molecule has 0 radical (unpaired) electrons. The van der Waals surface area contributed by atoms with Gasteiger partial charge < -0.3 is 14.7 Å². The highest BCUT2D eigenvalue weighted by molar-refractivity contribution is 9.10. The Labute approximate surface area is 125 Å². The number of rotatable bonds is 3. The molecule has 2 unspecified atom stereocenters. The first-order chi connectivity index (χ1) is 8.95. The Balaban J connectivity index is 2.19. The molecular weight excluding hydrogens is 330 g/mol. The van der Waals surface area contributed by atoms with Gasteiger partial charge in [0, 0.05) is 23.9 Å². The van der Waals surface area contributed by atoms with E-state index in [2.05, 4.69) is 15.9 Å². The predicted octanol–water partition coefficient (Wildman–Crippen LogP) is 2.67. The number of hydrogen-bond donors (Lipinski definition) is 1. The minimum absolute atomic E-state index is 0.00111. The van der Waals surface area contributed by atoms with Crippen molar-refractivity contribution in [2.75, 3.05) is 20.2 Å². The number of ether oxygens (including phenoxy) is 1. The molecule has 2 rings (SSSR count). The van der Waals surface area contributed by atoms with E-state index in [9.17, 15) is 9.90 Å². The van der Waals surface area contributed by atoms with E-state index in [1.165, 1.54) is 11.3 Å². The van der Waals surface area contributed by atoms with Crippen LogP contribution in [0.2, 0.25) is 0 Å². The number of methoxy groups -OCH3 is 1. The topological polar surface area (TPSA) is 49.8 Å². The van der Waals surface area contributed by atoms with Crippen molar-refractivity contribution in [2.24, 2.45) is 5.92 Å². The van der Waals surface area contributed by atoms with Gasteiger partial charge in [-0.3, -0.25) is 4.79 Å². The first-order valence-electron chi connectivity index (χ1n) is 6.26. The molecule has 1 saturated heterocycles.